The topological polar surface area (TPSA) is 47.9 Å². The smallest absolute Gasteiger partial charge is 0.243 e. The number of hydrogen-bond acceptors (Lipinski definition) is 2. The second-order valence-electron chi connectivity index (χ2n) is 6.19. The molecule has 0 aromatic rings. The lowest BCUT2D eigenvalue weighted by Gasteiger charge is -2.22. The molecule has 0 saturated carbocycles. The Hall–Kier alpha value is -0.530. The summed E-state index contributed by atoms with van der Waals surface area (Å²) in [4.78, 5) is 20.0. The van der Waals surface area contributed by atoms with Gasteiger partial charge in [-0.3, -0.25) is 4.79 Å². The maximum Gasteiger partial charge on any atom is 0.243 e. The number of guanidine groups is 1. The average Bonchev–Trinajstić information content (AvgIpc) is 2.81. The molecule has 124 valence electrons. The van der Waals surface area contributed by atoms with Crippen molar-refractivity contribution in [2.45, 2.75) is 33.6 Å². The van der Waals surface area contributed by atoms with Gasteiger partial charge in [0.05, 0.1) is 0 Å². The van der Waals surface area contributed by atoms with Crippen LogP contribution in [0.4, 0.5) is 0 Å². The Balaban J connectivity index is 0.00000400. The predicted molar refractivity (Wildman–Crippen MR) is 99.2 cm³/mol. The van der Waals surface area contributed by atoms with Crippen LogP contribution in [0.5, 0.6) is 0 Å². The quantitative estimate of drug-likeness (QED) is 0.429. The third-order valence-corrected chi connectivity index (χ3v) is 3.59. The summed E-state index contributed by atoms with van der Waals surface area (Å²) in [6, 6.07) is 0. The number of likely N-dealkylation sites (N-methyl/N-ethyl adjacent to an activating group) is 1. The fourth-order valence-corrected chi connectivity index (χ4v) is 2.59. The van der Waals surface area contributed by atoms with E-state index in [4.69, 9.17) is 0 Å². The Morgan fingerprint density at radius 2 is 2.10 bits per heavy atom. The zero-order valence-electron chi connectivity index (χ0n) is 14.1. The van der Waals surface area contributed by atoms with Crippen LogP contribution in [-0.2, 0) is 4.79 Å². The lowest BCUT2D eigenvalue weighted by atomic mass is 9.97. The number of halogens is 1. The molecule has 0 spiro atoms. The highest BCUT2D eigenvalue weighted by molar-refractivity contribution is 14.0. The molecule has 0 aromatic heterocycles. The summed E-state index contributed by atoms with van der Waals surface area (Å²) in [5.41, 5.74) is 0. The third kappa shape index (κ3) is 7.33. The number of amides is 1. The normalized spacial score (nSPS) is 18.7. The van der Waals surface area contributed by atoms with E-state index in [1.165, 1.54) is 12.8 Å². The Bertz CT molecular complexity index is 345. The van der Waals surface area contributed by atoms with E-state index < -0.39 is 0 Å². The van der Waals surface area contributed by atoms with Gasteiger partial charge in [-0.25, -0.2) is 4.99 Å². The lowest BCUT2D eigenvalue weighted by molar-refractivity contribution is -0.127. The Morgan fingerprint density at radius 1 is 1.43 bits per heavy atom. The molecule has 1 unspecified atom stereocenters. The summed E-state index contributed by atoms with van der Waals surface area (Å²) in [5, 5.41) is 3.30. The van der Waals surface area contributed by atoms with Gasteiger partial charge in [-0.2, -0.15) is 0 Å². The molecule has 0 radical (unpaired) electrons. The van der Waals surface area contributed by atoms with Crippen molar-refractivity contribution in [3.05, 3.63) is 0 Å². The minimum Gasteiger partial charge on any atom is -0.357 e. The van der Waals surface area contributed by atoms with E-state index in [1.807, 2.05) is 0 Å². The predicted octanol–water partition coefficient (Wildman–Crippen LogP) is 2.03. The zero-order chi connectivity index (χ0) is 15.1. The van der Waals surface area contributed by atoms with Crippen LogP contribution in [0.25, 0.3) is 0 Å². The Morgan fingerprint density at radius 3 is 2.62 bits per heavy atom. The molecular formula is C15H31IN4O. The van der Waals surface area contributed by atoms with Crippen molar-refractivity contribution >= 4 is 35.8 Å². The van der Waals surface area contributed by atoms with Crippen LogP contribution in [0.3, 0.4) is 0 Å². The number of nitrogens with zero attached hydrogens (tertiary/aromatic N) is 3. The molecular weight excluding hydrogens is 379 g/mol. The summed E-state index contributed by atoms with van der Waals surface area (Å²) >= 11 is 0. The largest absolute Gasteiger partial charge is 0.357 e. The van der Waals surface area contributed by atoms with Crippen molar-refractivity contribution in [3.63, 3.8) is 0 Å². The van der Waals surface area contributed by atoms with E-state index >= 15 is 0 Å². The van der Waals surface area contributed by atoms with Gasteiger partial charge in [-0.05, 0) is 31.6 Å². The van der Waals surface area contributed by atoms with Gasteiger partial charge in [0.2, 0.25) is 5.91 Å². The average molecular weight is 410 g/mol. The SMILES string of the molecule is CCNC(=NCC(=O)N(C)C)N1CCC(CC(C)C)C1.I. The molecule has 5 nitrogen and oxygen atoms in total. The highest BCUT2D eigenvalue weighted by Crippen LogP contribution is 2.23. The highest BCUT2D eigenvalue weighted by atomic mass is 127. The van der Waals surface area contributed by atoms with E-state index in [-0.39, 0.29) is 36.4 Å². The maximum atomic E-state index is 11.6. The zero-order valence-corrected chi connectivity index (χ0v) is 16.4. The Labute approximate surface area is 146 Å². The first-order valence-electron chi connectivity index (χ1n) is 7.67. The van der Waals surface area contributed by atoms with Crippen LogP contribution in [0.15, 0.2) is 4.99 Å². The summed E-state index contributed by atoms with van der Waals surface area (Å²) in [5.74, 6) is 2.42. The van der Waals surface area contributed by atoms with Crippen LogP contribution >= 0.6 is 24.0 Å². The minimum absolute atomic E-state index is 0. The number of rotatable bonds is 5. The second kappa shape index (κ2) is 10.2. The van der Waals surface area contributed by atoms with Crippen LogP contribution in [0.1, 0.15) is 33.6 Å². The van der Waals surface area contributed by atoms with Crippen LogP contribution in [0, 0.1) is 11.8 Å². The van der Waals surface area contributed by atoms with Crippen molar-refractivity contribution in [2.75, 3.05) is 40.3 Å². The van der Waals surface area contributed by atoms with Gasteiger partial charge < -0.3 is 15.1 Å². The molecule has 0 aliphatic carbocycles. The standard InChI is InChI=1S/C15H30N4O.HI/c1-6-16-15(17-10-14(20)18(4)5)19-8-7-13(11-19)9-12(2)3;/h12-13H,6-11H2,1-5H3,(H,16,17);1H. The van der Waals surface area contributed by atoms with Crippen LogP contribution in [-0.4, -0.2) is 61.9 Å². The van der Waals surface area contributed by atoms with Crippen molar-refractivity contribution in [2.24, 2.45) is 16.8 Å². The molecule has 1 aliphatic rings. The summed E-state index contributed by atoms with van der Waals surface area (Å²) in [6.07, 6.45) is 2.50. The number of hydrogen-bond donors (Lipinski definition) is 1. The van der Waals surface area contributed by atoms with Gasteiger partial charge in [0, 0.05) is 33.7 Å². The summed E-state index contributed by atoms with van der Waals surface area (Å²) in [6.45, 7) is 9.76. The third-order valence-electron chi connectivity index (χ3n) is 3.59. The van der Waals surface area contributed by atoms with E-state index in [2.05, 4.69) is 36.0 Å². The number of likely N-dealkylation sites (tertiary alicyclic amines) is 1. The van der Waals surface area contributed by atoms with E-state index in [0.29, 0.717) is 0 Å². The van der Waals surface area contributed by atoms with Gasteiger partial charge in [-0.15, -0.1) is 24.0 Å². The van der Waals surface area contributed by atoms with Crippen molar-refractivity contribution in [3.8, 4) is 0 Å². The molecule has 1 rings (SSSR count). The minimum atomic E-state index is 0. The monoisotopic (exact) mass is 410 g/mol. The van der Waals surface area contributed by atoms with E-state index in [1.54, 1.807) is 19.0 Å². The molecule has 0 aromatic carbocycles. The fourth-order valence-electron chi connectivity index (χ4n) is 2.59. The van der Waals surface area contributed by atoms with Gasteiger partial charge >= 0.3 is 0 Å². The molecule has 1 aliphatic heterocycles. The molecule has 0 bridgehead atoms. The molecule has 1 saturated heterocycles. The number of carbonyl (C=O) groups excluding carboxylic acids is 1. The molecule has 1 fully saturated rings. The van der Waals surface area contributed by atoms with Crippen molar-refractivity contribution in [1.82, 2.24) is 15.1 Å². The highest BCUT2D eigenvalue weighted by Gasteiger charge is 2.25. The second-order valence-corrected chi connectivity index (χ2v) is 6.19. The van der Waals surface area contributed by atoms with Gasteiger partial charge in [-0.1, -0.05) is 13.8 Å². The fraction of sp³-hybridized carbons (Fsp3) is 0.867. The van der Waals surface area contributed by atoms with E-state index in [0.717, 1.165) is 37.4 Å². The number of aliphatic imine (C=N–C) groups is 1. The molecule has 1 amide bonds. The summed E-state index contributed by atoms with van der Waals surface area (Å²) < 4.78 is 0. The number of nitrogens with one attached hydrogen (secondary N) is 1. The molecule has 1 heterocycles. The van der Waals surface area contributed by atoms with Crippen molar-refractivity contribution < 1.29 is 4.79 Å². The lowest BCUT2D eigenvalue weighted by Crippen LogP contribution is -2.41. The van der Waals surface area contributed by atoms with Gasteiger partial charge in [0.1, 0.15) is 6.54 Å². The molecule has 1 atom stereocenters. The molecule has 21 heavy (non-hydrogen) atoms. The summed E-state index contributed by atoms with van der Waals surface area (Å²) in [7, 11) is 3.53. The Kier molecular flexibility index (Phi) is 9.98. The molecule has 6 heteroatoms. The van der Waals surface area contributed by atoms with Gasteiger partial charge in [0.15, 0.2) is 5.96 Å². The van der Waals surface area contributed by atoms with Crippen LogP contribution in [0.2, 0.25) is 0 Å². The van der Waals surface area contributed by atoms with Crippen molar-refractivity contribution in [1.29, 1.82) is 0 Å². The van der Waals surface area contributed by atoms with E-state index in [9.17, 15) is 4.79 Å². The first-order valence-corrected chi connectivity index (χ1v) is 7.67. The molecule has 1 N–H and O–H groups in total. The van der Waals surface area contributed by atoms with Crippen LogP contribution < -0.4 is 5.32 Å². The first-order chi connectivity index (χ1) is 9.43. The first kappa shape index (κ1) is 20.5. The van der Waals surface area contributed by atoms with Gasteiger partial charge in [0.25, 0.3) is 0 Å². The maximum absolute atomic E-state index is 11.6. The number of carbonyl (C=O) groups is 1.